The highest BCUT2D eigenvalue weighted by Crippen LogP contribution is 2.44. The Morgan fingerprint density at radius 2 is 1.04 bits per heavy atom. The van der Waals surface area contributed by atoms with Gasteiger partial charge in [-0.25, -0.2) is 0 Å². The normalized spacial score (nSPS) is 13.4. The van der Waals surface area contributed by atoms with E-state index in [2.05, 4.69) is 0 Å². The van der Waals surface area contributed by atoms with Crippen LogP contribution in [0.3, 0.4) is 0 Å². The van der Waals surface area contributed by atoms with Crippen LogP contribution < -0.4 is 16.5 Å². The largest absolute Gasteiger partial charge is 0.623 e. The zero-order chi connectivity index (χ0) is 16.4. The molecule has 0 amide bonds. The first-order valence-electron chi connectivity index (χ1n) is 7.83. The fourth-order valence-electron chi connectivity index (χ4n) is 3.74. The van der Waals surface area contributed by atoms with Crippen molar-refractivity contribution in [3.8, 4) is 11.1 Å². The Hall–Kier alpha value is -3.08. The standard InChI is InChI=1S/C20H15N3O/c21-13-5-1-11-3-7-15-16-8-4-12-2-6-14(22)10-18(12)20(16)23(24)19(15)17(11)9-13/h1-10,23H,21-22H2. The topological polar surface area (TPSA) is 79.5 Å². The van der Waals surface area contributed by atoms with Crippen molar-refractivity contribution < 1.29 is 5.06 Å². The Morgan fingerprint density at radius 3 is 1.50 bits per heavy atom. The molecule has 4 aromatic rings. The van der Waals surface area contributed by atoms with Crippen LogP contribution in [-0.2, 0) is 0 Å². The number of nitrogens with one attached hydrogen (secondary N) is 1. The Bertz CT molecular complexity index is 1060. The van der Waals surface area contributed by atoms with Gasteiger partial charge in [0.05, 0.1) is 11.1 Å². The van der Waals surface area contributed by atoms with Gasteiger partial charge in [-0.2, -0.15) is 0 Å². The van der Waals surface area contributed by atoms with Gasteiger partial charge < -0.3 is 21.7 Å². The van der Waals surface area contributed by atoms with Crippen LogP contribution in [0.5, 0.6) is 0 Å². The van der Waals surface area contributed by atoms with E-state index in [1.807, 2.05) is 60.7 Å². The minimum atomic E-state index is 0.0485. The zero-order valence-electron chi connectivity index (χ0n) is 12.8. The molecule has 0 spiro atoms. The number of nitrogens with two attached hydrogens (primary N) is 2. The van der Waals surface area contributed by atoms with Crippen molar-refractivity contribution >= 4 is 44.3 Å². The number of fused-ring (bicyclic) bond motifs is 7. The first kappa shape index (κ1) is 13.4. The van der Waals surface area contributed by atoms with Crippen LogP contribution in [0.15, 0.2) is 60.7 Å². The number of hydrogen-bond acceptors (Lipinski definition) is 3. The number of rotatable bonds is 0. The molecule has 0 saturated carbocycles. The molecule has 0 saturated heterocycles. The molecule has 1 aliphatic heterocycles. The lowest BCUT2D eigenvalue weighted by Gasteiger charge is -2.20. The second-order valence-electron chi connectivity index (χ2n) is 6.27. The van der Waals surface area contributed by atoms with Crippen molar-refractivity contribution in [1.29, 1.82) is 0 Å². The summed E-state index contributed by atoms with van der Waals surface area (Å²) in [7, 11) is 0. The third-order valence-electron chi connectivity index (χ3n) is 4.84. The van der Waals surface area contributed by atoms with E-state index >= 15 is 0 Å². The molecule has 1 aliphatic rings. The van der Waals surface area contributed by atoms with Gasteiger partial charge in [0.2, 0.25) is 0 Å². The van der Waals surface area contributed by atoms with Gasteiger partial charge in [-0.1, -0.05) is 24.3 Å². The van der Waals surface area contributed by atoms with Crippen LogP contribution in [0.2, 0.25) is 0 Å². The predicted molar refractivity (Wildman–Crippen MR) is 99.4 cm³/mol. The van der Waals surface area contributed by atoms with Crippen molar-refractivity contribution in [1.82, 2.24) is 0 Å². The summed E-state index contributed by atoms with van der Waals surface area (Å²) >= 11 is 0. The van der Waals surface area contributed by atoms with Crippen molar-refractivity contribution in [2.75, 3.05) is 11.5 Å². The fraction of sp³-hybridized carbons (Fsp3) is 0. The number of quaternary nitrogens is 1. The highest BCUT2D eigenvalue weighted by Gasteiger charge is 2.30. The second kappa shape index (κ2) is 4.47. The summed E-state index contributed by atoms with van der Waals surface area (Å²) in [6.45, 7) is 0. The molecular weight excluding hydrogens is 298 g/mol. The van der Waals surface area contributed by atoms with Crippen LogP contribution in [0.25, 0.3) is 32.7 Å². The number of anilines is 2. The molecule has 0 bridgehead atoms. The van der Waals surface area contributed by atoms with Gasteiger partial charge >= 0.3 is 0 Å². The van der Waals surface area contributed by atoms with Gasteiger partial charge in [0, 0.05) is 22.1 Å². The monoisotopic (exact) mass is 313 g/mol. The van der Waals surface area contributed by atoms with Gasteiger partial charge in [0.1, 0.15) is 0 Å². The molecule has 0 aromatic heterocycles. The average molecular weight is 313 g/mol. The molecule has 0 unspecified atom stereocenters. The molecule has 4 nitrogen and oxygen atoms in total. The first-order valence-corrected chi connectivity index (χ1v) is 7.83. The van der Waals surface area contributed by atoms with Gasteiger partial charge in [0.25, 0.3) is 0 Å². The Kier molecular flexibility index (Phi) is 2.49. The molecule has 4 heteroatoms. The van der Waals surface area contributed by atoms with Crippen LogP contribution in [0.1, 0.15) is 0 Å². The van der Waals surface area contributed by atoms with Crippen molar-refractivity contribution in [2.45, 2.75) is 0 Å². The maximum atomic E-state index is 13.3. The SMILES string of the molecule is Nc1ccc2ccc3c(c2c1)[NH+]([O-])c1c-3ccc2ccc(N)cc12. The zero-order valence-corrected chi connectivity index (χ0v) is 12.8. The highest BCUT2D eigenvalue weighted by atomic mass is 16.5. The molecule has 4 aromatic carbocycles. The Balaban J connectivity index is 1.91. The molecule has 5 rings (SSSR count). The van der Waals surface area contributed by atoms with Gasteiger partial charge in [-0.05, 0) is 47.2 Å². The molecule has 1 heterocycles. The summed E-state index contributed by atoms with van der Waals surface area (Å²) in [4.78, 5) is 0. The molecule has 116 valence electrons. The molecule has 0 atom stereocenters. The molecule has 5 N–H and O–H groups in total. The number of nitrogen functional groups attached to an aromatic ring is 2. The van der Waals surface area contributed by atoms with Crippen molar-refractivity contribution in [3.05, 3.63) is 65.9 Å². The average Bonchev–Trinajstić information content (AvgIpc) is 2.88. The van der Waals surface area contributed by atoms with Crippen molar-refractivity contribution in [3.63, 3.8) is 0 Å². The third-order valence-corrected chi connectivity index (χ3v) is 4.84. The first-order chi connectivity index (χ1) is 11.6. The molecule has 0 radical (unpaired) electrons. The summed E-state index contributed by atoms with van der Waals surface area (Å²) in [6.07, 6.45) is 0. The van der Waals surface area contributed by atoms with Gasteiger partial charge in [-0.15, -0.1) is 0 Å². The number of hydrogen-bond donors (Lipinski definition) is 3. The summed E-state index contributed by atoms with van der Waals surface area (Å²) in [5.41, 5.74) is 16.6. The lowest BCUT2D eigenvalue weighted by Crippen LogP contribution is -2.95. The molecule has 0 aliphatic carbocycles. The summed E-state index contributed by atoms with van der Waals surface area (Å²) in [6, 6.07) is 19.5. The maximum absolute atomic E-state index is 13.3. The van der Waals surface area contributed by atoms with Crippen LogP contribution >= 0.6 is 0 Å². The second-order valence-corrected chi connectivity index (χ2v) is 6.27. The van der Waals surface area contributed by atoms with E-state index in [4.69, 9.17) is 11.5 Å². The minimum Gasteiger partial charge on any atom is -0.623 e. The smallest absolute Gasteiger partial charge is 0.152 e. The lowest BCUT2D eigenvalue weighted by molar-refractivity contribution is -0.691. The Labute approximate surface area is 138 Å². The molecule has 0 fully saturated rings. The molecule has 24 heavy (non-hydrogen) atoms. The van der Waals surface area contributed by atoms with Crippen LogP contribution in [-0.4, -0.2) is 0 Å². The van der Waals surface area contributed by atoms with E-state index in [-0.39, 0.29) is 5.06 Å². The van der Waals surface area contributed by atoms with Gasteiger partial charge in [-0.3, -0.25) is 0 Å². The van der Waals surface area contributed by atoms with E-state index in [0.717, 1.165) is 44.0 Å². The maximum Gasteiger partial charge on any atom is 0.152 e. The quantitative estimate of drug-likeness (QED) is 0.343. The Morgan fingerprint density at radius 1 is 0.625 bits per heavy atom. The molecular formula is C20H15N3O. The van der Waals surface area contributed by atoms with Crippen LogP contribution in [0.4, 0.5) is 22.7 Å². The lowest BCUT2D eigenvalue weighted by atomic mass is 9.98. The summed E-state index contributed by atoms with van der Waals surface area (Å²) in [5, 5.41) is 17.2. The van der Waals surface area contributed by atoms with Gasteiger partial charge in [0.15, 0.2) is 11.4 Å². The van der Waals surface area contributed by atoms with E-state index in [0.29, 0.717) is 11.4 Å². The van der Waals surface area contributed by atoms with Crippen molar-refractivity contribution in [2.24, 2.45) is 0 Å². The van der Waals surface area contributed by atoms with E-state index in [9.17, 15) is 5.21 Å². The van der Waals surface area contributed by atoms with Crippen LogP contribution in [0, 0.1) is 5.21 Å². The van der Waals surface area contributed by atoms with E-state index in [1.54, 1.807) is 0 Å². The highest BCUT2D eigenvalue weighted by molar-refractivity contribution is 6.08. The predicted octanol–water partition coefficient (Wildman–Crippen LogP) is 3.48. The van der Waals surface area contributed by atoms with E-state index < -0.39 is 0 Å². The minimum absolute atomic E-state index is 0.0485. The summed E-state index contributed by atoms with van der Waals surface area (Å²) in [5.74, 6) is 0. The number of benzene rings is 4. The fourth-order valence-corrected chi connectivity index (χ4v) is 3.74. The van der Waals surface area contributed by atoms with E-state index in [1.165, 1.54) is 0 Å². The third kappa shape index (κ3) is 1.64. The summed E-state index contributed by atoms with van der Waals surface area (Å²) < 4.78 is 0.